The van der Waals surface area contributed by atoms with Crippen LogP contribution in [0.3, 0.4) is 0 Å². The smallest absolute Gasteiger partial charge is 0.336 e. The number of carboxylic acids is 1. The zero-order valence-electron chi connectivity index (χ0n) is 9.58. The van der Waals surface area contributed by atoms with E-state index in [9.17, 15) is 13.6 Å². The molecule has 0 aromatic heterocycles. The summed E-state index contributed by atoms with van der Waals surface area (Å²) in [5.74, 6) is -2.60. The normalized spacial score (nSPS) is 10.4. The van der Waals surface area contributed by atoms with Crippen LogP contribution in [-0.4, -0.2) is 11.1 Å². The van der Waals surface area contributed by atoms with E-state index in [1.165, 1.54) is 6.07 Å². The Morgan fingerprint density at radius 2 is 1.67 bits per heavy atom. The first kappa shape index (κ1) is 12.2. The lowest BCUT2D eigenvalue weighted by molar-refractivity contribution is 0.0697. The Labute approximate surface area is 103 Å². The summed E-state index contributed by atoms with van der Waals surface area (Å²) in [6, 6.07) is 7.69. The van der Waals surface area contributed by atoms with E-state index in [2.05, 4.69) is 0 Å². The SMILES string of the molecule is Cc1ccc(-c2cc(F)cc(F)c2)c(C(=O)O)c1. The summed E-state index contributed by atoms with van der Waals surface area (Å²) in [7, 11) is 0. The zero-order valence-corrected chi connectivity index (χ0v) is 9.58. The fourth-order valence-electron chi connectivity index (χ4n) is 1.80. The highest BCUT2D eigenvalue weighted by molar-refractivity contribution is 5.96. The van der Waals surface area contributed by atoms with Crippen molar-refractivity contribution < 1.29 is 18.7 Å². The number of aryl methyl sites for hydroxylation is 1. The number of halogens is 2. The Hall–Kier alpha value is -2.23. The van der Waals surface area contributed by atoms with Gasteiger partial charge in [0, 0.05) is 6.07 Å². The summed E-state index contributed by atoms with van der Waals surface area (Å²) in [4.78, 5) is 11.1. The van der Waals surface area contributed by atoms with Gasteiger partial charge in [0.2, 0.25) is 0 Å². The zero-order chi connectivity index (χ0) is 13.3. The van der Waals surface area contributed by atoms with E-state index in [0.29, 0.717) is 5.56 Å². The second-order valence-electron chi connectivity index (χ2n) is 4.01. The lowest BCUT2D eigenvalue weighted by Gasteiger charge is -2.08. The van der Waals surface area contributed by atoms with Crippen molar-refractivity contribution in [1.82, 2.24) is 0 Å². The number of benzene rings is 2. The first-order chi connectivity index (χ1) is 8.47. The van der Waals surface area contributed by atoms with Crippen molar-refractivity contribution >= 4 is 5.97 Å². The van der Waals surface area contributed by atoms with Gasteiger partial charge in [0.05, 0.1) is 5.56 Å². The summed E-state index contributed by atoms with van der Waals surface area (Å²) < 4.78 is 26.3. The minimum atomic E-state index is -1.13. The van der Waals surface area contributed by atoms with E-state index in [1.54, 1.807) is 19.1 Å². The second kappa shape index (κ2) is 4.56. The number of aromatic carboxylic acids is 1. The molecule has 0 radical (unpaired) electrons. The Kier molecular flexibility index (Phi) is 3.10. The number of hydrogen-bond donors (Lipinski definition) is 1. The highest BCUT2D eigenvalue weighted by Crippen LogP contribution is 2.26. The van der Waals surface area contributed by atoms with Crippen LogP contribution in [0.25, 0.3) is 11.1 Å². The molecule has 0 aliphatic heterocycles. The molecule has 0 atom stereocenters. The summed E-state index contributed by atoms with van der Waals surface area (Å²) in [6.45, 7) is 1.75. The molecule has 2 nitrogen and oxygen atoms in total. The van der Waals surface area contributed by atoms with Crippen LogP contribution in [-0.2, 0) is 0 Å². The van der Waals surface area contributed by atoms with Crippen LogP contribution in [0.5, 0.6) is 0 Å². The predicted octanol–water partition coefficient (Wildman–Crippen LogP) is 3.64. The molecule has 0 unspecified atom stereocenters. The molecule has 0 aliphatic carbocycles. The van der Waals surface area contributed by atoms with Gasteiger partial charge in [0.25, 0.3) is 0 Å². The van der Waals surface area contributed by atoms with Gasteiger partial charge in [-0.05, 0) is 36.2 Å². The van der Waals surface area contributed by atoms with E-state index < -0.39 is 17.6 Å². The largest absolute Gasteiger partial charge is 0.478 e. The summed E-state index contributed by atoms with van der Waals surface area (Å²) >= 11 is 0. The first-order valence-corrected chi connectivity index (χ1v) is 5.28. The molecule has 1 N–H and O–H groups in total. The molecule has 2 aromatic rings. The van der Waals surface area contributed by atoms with Gasteiger partial charge in [0.15, 0.2) is 0 Å². The van der Waals surface area contributed by atoms with Crippen LogP contribution < -0.4 is 0 Å². The molecular weight excluding hydrogens is 238 g/mol. The van der Waals surface area contributed by atoms with E-state index in [-0.39, 0.29) is 11.1 Å². The van der Waals surface area contributed by atoms with Gasteiger partial charge in [0.1, 0.15) is 11.6 Å². The van der Waals surface area contributed by atoms with Gasteiger partial charge in [-0.1, -0.05) is 17.7 Å². The molecule has 2 rings (SSSR count). The standard InChI is InChI=1S/C14H10F2O2/c1-8-2-3-12(13(4-8)14(17)18)9-5-10(15)7-11(16)6-9/h2-7H,1H3,(H,17,18). The van der Waals surface area contributed by atoms with Crippen LogP contribution in [0, 0.1) is 18.6 Å². The van der Waals surface area contributed by atoms with Crippen molar-refractivity contribution in [3.8, 4) is 11.1 Å². The summed E-state index contributed by atoms with van der Waals surface area (Å²) in [6.07, 6.45) is 0. The Morgan fingerprint density at radius 1 is 1.06 bits per heavy atom. The van der Waals surface area contributed by atoms with Crippen molar-refractivity contribution in [2.75, 3.05) is 0 Å². The minimum Gasteiger partial charge on any atom is -0.478 e. The number of carbonyl (C=O) groups is 1. The molecule has 92 valence electrons. The fraction of sp³-hybridized carbons (Fsp3) is 0.0714. The number of rotatable bonds is 2. The molecule has 0 saturated heterocycles. The molecule has 0 amide bonds. The van der Waals surface area contributed by atoms with Crippen LogP contribution >= 0.6 is 0 Å². The first-order valence-electron chi connectivity index (χ1n) is 5.28. The quantitative estimate of drug-likeness (QED) is 0.880. The topological polar surface area (TPSA) is 37.3 Å². The minimum absolute atomic E-state index is 0.0278. The van der Waals surface area contributed by atoms with E-state index in [4.69, 9.17) is 5.11 Å². The molecule has 0 bridgehead atoms. The van der Waals surface area contributed by atoms with Crippen molar-refractivity contribution in [3.63, 3.8) is 0 Å². The maximum absolute atomic E-state index is 13.1. The highest BCUT2D eigenvalue weighted by Gasteiger charge is 2.13. The molecule has 0 fully saturated rings. The highest BCUT2D eigenvalue weighted by atomic mass is 19.1. The molecule has 18 heavy (non-hydrogen) atoms. The van der Waals surface area contributed by atoms with Crippen LogP contribution in [0.2, 0.25) is 0 Å². The number of hydrogen-bond acceptors (Lipinski definition) is 1. The van der Waals surface area contributed by atoms with Crippen molar-refractivity contribution in [2.24, 2.45) is 0 Å². The van der Waals surface area contributed by atoms with Crippen LogP contribution in [0.15, 0.2) is 36.4 Å². The lowest BCUT2D eigenvalue weighted by Crippen LogP contribution is -2.00. The molecule has 2 aromatic carbocycles. The van der Waals surface area contributed by atoms with Gasteiger partial charge in [-0.25, -0.2) is 13.6 Å². The lowest BCUT2D eigenvalue weighted by atomic mass is 9.97. The maximum atomic E-state index is 13.1. The monoisotopic (exact) mass is 248 g/mol. The average molecular weight is 248 g/mol. The molecule has 0 spiro atoms. The second-order valence-corrected chi connectivity index (χ2v) is 4.01. The van der Waals surface area contributed by atoms with Crippen LogP contribution in [0.1, 0.15) is 15.9 Å². The molecular formula is C14H10F2O2. The number of carboxylic acid groups (broad SMARTS) is 1. The molecule has 4 heteroatoms. The third kappa shape index (κ3) is 2.37. The molecule has 0 saturated carbocycles. The van der Waals surface area contributed by atoms with E-state index >= 15 is 0 Å². The van der Waals surface area contributed by atoms with Crippen molar-refractivity contribution in [2.45, 2.75) is 6.92 Å². The Bertz CT molecular complexity index is 601. The van der Waals surface area contributed by atoms with E-state index in [0.717, 1.165) is 23.8 Å². The van der Waals surface area contributed by atoms with Gasteiger partial charge in [-0.2, -0.15) is 0 Å². The van der Waals surface area contributed by atoms with Crippen LogP contribution in [0.4, 0.5) is 8.78 Å². The average Bonchev–Trinajstić information content (AvgIpc) is 2.27. The predicted molar refractivity (Wildman–Crippen MR) is 63.5 cm³/mol. The molecule has 0 aliphatic rings. The molecule has 0 heterocycles. The summed E-state index contributed by atoms with van der Waals surface area (Å²) in [5, 5.41) is 9.10. The Morgan fingerprint density at radius 3 is 2.22 bits per heavy atom. The van der Waals surface area contributed by atoms with Gasteiger partial charge < -0.3 is 5.11 Å². The Balaban J connectivity index is 2.66. The van der Waals surface area contributed by atoms with Gasteiger partial charge >= 0.3 is 5.97 Å². The maximum Gasteiger partial charge on any atom is 0.336 e. The van der Waals surface area contributed by atoms with Gasteiger partial charge in [-0.3, -0.25) is 0 Å². The van der Waals surface area contributed by atoms with E-state index in [1.807, 2.05) is 0 Å². The third-order valence-electron chi connectivity index (χ3n) is 2.58. The third-order valence-corrected chi connectivity index (χ3v) is 2.58. The summed E-state index contributed by atoms with van der Waals surface area (Å²) in [5.41, 5.74) is 1.31. The van der Waals surface area contributed by atoms with Crippen molar-refractivity contribution in [3.05, 3.63) is 59.2 Å². The fourth-order valence-corrected chi connectivity index (χ4v) is 1.80. The van der Waals surface area contributed by atoms with Crippen molar-refractivity contribution in [1.29, 1.82) is 0 Å². The van der Waals surface area contributed by atoms with Gasteiger partial charge in [-0.15, -0.1) is 0 Å².